The zero-order chi connectivity index (χ0) is 14.8. The number of hydrogen-bond acceptors (Lipinski definition) is 2. The molecule has 1 aromatic rings. The summed E-state index contributed by atoms with van der Waals surface area (Å²) in [4.78, 5) is 4.05. The molecule has 1 heterocycles. The first-order valence-corrected chi connectivity index (χ1v) is 8.02. The van der Waals surface area contributed by atoms with Crippen LogP contribution in [0.4, 0.5) is 0 Å². The Morgan fingerprint density at radius 3 is 2.32 bits per heavy atom. The Morgan fingerprint density at radius 2 is 1.89 bits per heavy atom. The van der Waals surface area contributed by atoms with Crippen molar-refractivity contribution in [2.45, 2.75) is 45.4 Å². The highest BCUT2D eigenvalue weighted by molar-refractivity contribution is 7.84. The minimum atomic E-state index is -1.15. The van der Waals surface area contributed by atoms with Gasteiger partial charge in [0.15, 0.2) is 0 Å². The van der Waals surface area contributed by atoms with Gasteiger partial charge < -0.3 is 0 Å². The average Bonchev–Trinajstić information content (AvgIpc) is 2.27. The lowest BCUT2D eigenvalue weighted by Crippen LogP contribution is -2.37. The van der Waals surface area contributed by atoms with Gasteiger partial charge in [0.05, 0.1) is 20.8 Å². The van der Waals surface area contributed by atoms with Gasteiger partial charge in [-0.1, -0.05) is 37.0 Å². The van der Waals surface area contributed by atoms with Gasteiger partial charge in [0.25, 0.3) is 0 Å². The largest absolute Gasteiger partial charge is 0.243 e. The fourth-order valence-corrected chi connectivity index (χ4v) is 2.76. The lowest BCUT2D eigenvalue weighted by atomic mass is 9.99. The van der Waals surface area contributed by atoms with Gasteiger partial charge >= 0.3 is 0 Å². The first-order chi connectivity index (χ1) is 8.62. The molecule has 0 saturated heterocycles. The maximum atomic E-state index is 12.2. The van der Waals surface area contributed by atoms with Crippen LogP contribution in [0.2, 0.25) is 10.2 Å². The van der Waals surface area contributed by atoms with E-state index in [2.05, 4.69) is 23.6 Å². The topological polar surface area (TPSA) is 42.0 Å². The molecular formula is C13H20Cl2N2OS. The summed E-state index contributed by atoms with van der Waals surface area (Å²) in [5.41, 5.74) is 0.891. The lowest BCUT2D eigenvalue weighted by Gasteiger charge is -2.27. The maximum Gasteiger partial charge on any atom is 0.147 e. The van der Waals surface area contributed by atoms with Crippen molar-refractivity contribution < 1.29 is 4.21 Å². The van der Waals surface area contributed by atoms with Gasteiger partial charge in [0.1, 0.15) is 5.15 Å². The number of halogens is 2. The Labute approximate surface area is 127 Å². The van der Waals surface area contributed by atoms with Gasteiger partial charge in [0.2, 0.25) is 0 Å². The normalized spacial score (nSPS) is 15.6. The molecule has 6 heteroatoms. The summed E-state index contributed by atoms with van der Waals surface area (Å²) in [6.45, 7) is 9.90. The van der Waals surface area contributed by atoms with E-state index in [-0.39, 0.29) is 21.9 Å². The summed E-state index contributed by atoms with van der Waals surface area (Å²) in [6.07, 6.45) is 1.67. The monoisotopic (exact) mass is 322 g/mol. The Morgan fingerprint density at radius 1 is 1.32 bits per heavy atom. The van der Waals surface area contributed by atoms with Crippen LogP contribution in [0.1, 0.15) is 46.2 Å². The molecule has 1 rings (SSSR count). The third kappa shape index (κ3) is 4.71. The van der Waals surface area contributed by atoms with Gasteiger partial charge in [-0.2, -0.15) is 0 Å². The Hall–Kier alpha value is -0.160. The van der Waals surface area contributed by atoms with E-state index in [1.807, 2.05) is 20.8 Å². The van der Waals surface area contributed by atoms with E-state index >= 15 is 0 Å². The molecule has 19 heavy (non-hydrogen) atoms. The van der Waals surface area contributed by atoms with Crippen LogP contribution in [0, 0.1) is 5.92 Å². The van der Waals surface area contributed by atoms with Crippen molar-refractivity contribution in [2.75, 3.05) is 0 Å². The molecule has 0 spiro atoms. The number of aromatic nitrogens is 1. The molecule has 0 radical (unpaired) electrons. The summed E-state index contributed by atoms with van der Waals surface area (Å²) in [7, 11) is -1.15. The first-order valence-electron chi connectivity index (χ1n) is 6.12. The Bertz CT molecular complexity index is 472. The van der Waals surface area contributed by atoms with Crippen LogP contribution in [-0.2, 0) is 11.0 Å². The molecule has 1 N–H and O–H groups in total. The van der Waals surface area contributed by atoms with Crippen LogP contribution in [-0.4, -0.2) is 13.9 Å². The number of nitrogens with one attached hydrogen (secondary N) is 1. The molecule has 0 amide bonds. The number of rotatable bonds is 4. The number of hydrogen-bond donors (Lipinski definition) is 1. The van der Waals surface area contributed by atoms with E-state index in [9.17, 15) is 4.21 Å². The second-order valence-corrected chi connectivity index (χ2v) is 8.53. The van der Waals surface area contributed by atoms with Crippen molar-refractivity contribution in [1.29, 1.82) is 0 Å². The molecule has 1 aromatic heterocycles. The molecule has 0 bridgehead atoms. The van der Waals surface area contributed by atoms with Gasteiger partial charge in [-0.3, -0.25) is 0 Å². The van der Waals surface area contributed by atoms with E-state index in [0.29, 0.717) is 5.02 Å². The first kappa shape index (κ1) is 16.9. The van der Waals surface area contributed by atoms with Crippen molar-refractivity contribution in [3.05, 3.63) is 28.0 Å². The summed E-state index contributed by atoms with van der Waals surface area (Å²) in [6, 6.07) is 1.69. The summed E-state index contributed by atoms with van der Waals surface area (Å²) >= 11 is 11.8. The number of pyridine rings is 1. The highest BCUT2D eigenvalue weighted by atomic mass is 35.5. The van der Waals surface area contributed by atoms with E-state index in [1.165, 1.54) is 0 Å². The van der Waals surface area contributed by atoms with E-state index < -0.39 is 11.0 Å². The minimum Gasteiger partial charge on any atom is -0.243 e. The van der Waals surface area contributed by atoms with Crippen molar-refractivity contribution in [3.8, 4) is 0 Å². The van der Waals surface area contributed by atoms with E-state index in [1.54, 1.807) is 12.3 Å². The van der Waals surface area contributed by atoms with Crippen LogP contribution in [0.3, 0.4) is 0 Å². The Balaban J connectivity index is 3.01. The van der Waals surface area contributed by atoms with Gasteiger partial charge in [-0.05, 0) is 38.3 Å². The third-order valence-electron chi connectivity index (χ3n) is 2.63. The molecule has 0 aliphatic rings. The molecule has 0 saturated carbocycles. The molecule has 0 aliphatic carbocycles. The fraction of sp³-hybridized carbons (Fsp3) is 0.615. The maximum absolute atomic E-state index is 12.2. The van der Waals surface area contributed by atoms with Crippen molar-refractivity contribution >= 4 is 34.2 Å². The second kappa shape index (κ2) is 6.53. The van der Waals surface area contributed by atoms with Crippen LogP contribution in [0.25, 0.3) is 0 Å². The fourth-order valence-electron chi connectivity index (χ4n) is 1.49. The molecule has 2 atom stereocenters. The predicted octanol–water partition coefficient (Wildman–Crippen LogP) is 4.14. The average molecular weight is 323 g/mol. The second-order valence-electron chi connectivity index (χ2n) is 5.76. The predicted molar refractivity (Wildman–Crippen MR) is 82.9 cm³/mol. The quantitative estimate of drug-likeness (QED) is 0.846. The molecule has 1 unspecified atom stereocenters. The summed E-state index contributed by atoms with van der Waals surface area (Å²) in [5.74, 6) is 0.255. The standard InChI is InChI=1S/C13H20Cl2N2OS/c1-8(2)11(17-19(18)13(3,4)5)9-6-10(14)12(15)16-7-9/h6-8,11,17H,1-5H3/t11-,19?/m1/s1. The zero-order valence-electron chi connectivity index (χ0n) is 11.8. The van der Waals surface area contributed by atoms with E-state index in [0.717, 1.165) is 5.56 Å². The smallest absolute Gasteiger partial charge is 0.147 e. The molecule has 3 nitrogen and oxygen atoms in total. The van der Waals surface area contributed by atoms with E-state index in [4.69, 9.17) is 23.2 Å². The van der Waals surface area contributed by atoms with Crippen molar-refractivity contribution in [3.63, 3.8) is 0 Å². The number of nitrogens with zero attached hydrogens (tertiary/aromatic N) is 1. The van der Waals surface area contributed by atoms with Crippen LogP contribution < -0.4 is 4.72 Å². The van der Waals surface area contributed by atoms with Crippen LogP contribution in [0.5, 0.6) is 0 Å². The SMILES string of the molecule is CC(C)[C@@H](NS(=O)C(C)(C)C)c1cnc(Cl)c(Cl)c1. The van der Waals surface area contributed by atoms with Crippen LogP contribution in [0.15, 0.2) is 12.3 Å². The van der Waals surface area contributed by atoms with Gasteiger partial charge in [0, 0.05) is 12.2 Å². The third-order valence-corrected chi connectivity index (χ3v) is 4.90. The van der Waals surface area contributed by atoms with Gasteiger partial charge in [-0.25, -0.2) is 13.9 Å². The Kier molecular flexibility index (Phi) is 5.80. The van der Waals surface area contributed by atoms with Crippen molar-refractivity contribution in [2.24, 2.45) is 5.92 Å². The van der Waals surface area contributed by atoms with Crippen molar-refractivity contribution in [1.82, 2.24) is 9.71 Å². The summed E-state index contributed by atoms with van der Waals surface area (Å²) in [5, 5.41) is 0.693. The molecule has 0 aliphatic heterocycles. The highest BCUT2D eigenvalue weighted by Gasteiger charge is 2.25. The lowest BCUT2D eigenvalue weighted by molar-refractivity contribution is 0.472. The zero-order valence-corrected chi connectivity index (χ0v) is 14.2. The van der Waals surface area contributed by atoms with Gasteiger partial charge in [-0.15, -0.1) is 0 Å². The summed E-state index contributed by atoms with van der Waals surface area (Å²) < 4.78 is 15.1. The minimum absolute atomic E-state index is 0.0812. The molecule has 0 aromatic carbocycles. The molecular weight excluding hydrogens is 303 g/mol. The molecule has 0 fully saturated rings. The van der Waals surface area contributed by atoms with Crippen LogP contribution >= 0.6 is 23.2 Å². The molecule has 108 valence electrons. The highest BCUT2D eigenvalue weighted by Crippen LogP contribution is 2.28.